The van der Waals surface area contributed by atoms with Crippen molar-refractivity contribution in [3.63, 3.8) is 0 Å². The van der Waals surface area contributed by atoms with Crippen LogP contribution in [-0.4, -0.2) is 29.8 Å². The Bertz CT molecular complexity index is 794. The summed E-state index contributed by atoms with van der Waals surface area (Å²) in [6.45, 7) is 7.11. The lowest BCUT2D eigenvalue weighted by molar-refractivity contribution is -0.111. The van der Waals surface area contributed by atoms with Crippen LogP contribution in [0.5, 0.6) is 0 Å². The van der Waals surface area contributed by atoms with E-state index in [0.717, 1.165) is 4.88 Å². The first-order chi connectivity index (χ1) is 11.9. The first-order valence-electron chi connectivity index (χ1n) is 8.09. The fourth-order valence-electron chi connectivity index (χ4n) is 2.33. The number of hydrogen-bond acceptors (Lipinski definition) is 3. The zero-order valence-corrected chi connectivity index (χ0v) is 16.1. The fourth-order valence-corrected chi connectivity index (χ4v) is 3.37. The van der Waals surface area contributed by atoms with Gasteiger partial charge in [0.2, 0.25) is 5.91 Å². The van der Waals surface area contributed by atoms with Crippen LogP contribution in [0.15, 0.2) is 36.4 Å². The minimum Gasteiger partial charge on any atom is -0.339 e. The quantitative estimate of drug-likeness (QED) is 0.733. The predicted molar refractivity (Wildman–Crippen MR) is 105 cm³/mol. The third-order valence-corrected chi connectivity index (χ3v) is 4.96. The number of rotatable bonds is 6. The number of halogens is 1. The summed E-state index contributed by atoms with van der Waals surface area (Å²) in [5, 5.41) is 3.08. The summed E-state index contributed by atoms with van der Waals surface area (Å²) in [4.78, 5) is 28.3. The number of nitrogens with zero attached hydrogens (tertiary/aromatic N) is 1. The number of carbonyl (C=O) groups excluding carboxylic acids is 2. The largest absolute Gasteiger partial charge is 0.339 e. The van der Waals surface area contributed by atoms with Crippen molar-refractivity contribution in [2.24, 2.45) is 0 Å². The zero-order valence-electron chi connectivity index (χ0n) is 14.5. The number of benzene rings is 1. The number of hydrogen-bond donors (Lipinski definition) is 1. The van der Waals surface area contributed by atoms with E-state index in [1.165, 1.54) is 11.0 Å². The molecule has 0 radical (unpaired) electrons. The zero-order chi connectivity index (χ0) is 18.4. The van der Waals surface area contributed by atoms with E-state index >= 15 is 0 Å². The summed E-state index contributed by atoms with van der Waals surface area (Å²) in [6, 6.07) is 8.90. The molecule has 25 heavy (non-hydrogen) atoms. The molecule has 0 unspecified atom stereocenters. The van der Waals surface area contributed by atoms with Gasteiger partial charge in [-0.15, -0.1) is 11.3 Å². The average molecular weight is 377 g/mol. The Morgan fingerprint density at radius 1 is 1.20 bits per heavy atom. The van der Waals surface area contributed by atoms with E-state index in [9.17, 15) is 9.59 Å². The molecule has 0 bridgehead atoms. The molecule has 4 nitrogen and oxygen atoms in total. The van der Waals surface area contributed by atoms with E-state index < -0.39 is 0 Å². The van der Waals surface area contributed by atoms with Crippen LogP contribution in [0.25, 0.3) is 6.08 Å². The van der Waals surface area contributed by atoms with Gasteiger partial charge in [-0.1, -0.05) is 11.6 Å². The summed E-state index contributed by atoms with van der Waals surface area (Å²) in [7, 11) is 0. The third-order valence-electron chi connectivity index (χ3n) is 3.68. The Balaban J connectivity index is 2.06. The van der Waals surface area contributed by atoms with Crippen molar-refractivity contribution in [1.82, 2.24) is 4.90 Å². The number of aryl methyl sites for hydroxylation is 1. The second-order valence-electron chi connectivity index (χ2n) is 5.44. The molecule has 0 aliphatic heterocycles. The summed E-state index contributed by atoms with van der Waals surface area (Å²) in [5.41, 5.74) is 0.992. The molecule has 2 amide bonds. The Morgan fingerprint density at radius 2 is 1.92 bits per heavy atom. The highest BCUT2D eigenvalue weighted by atomic mass is 35.5. The lowest BCUT2D eigenvalue weighted by atomic mass is 10.1. The molecule has 0 saturated carbocycles. The van der Waals surface area contributed by atoms with E-state index in [2.05, 4.69) is 5.32 Å². The molecule has 0 spiro atoms. The van der Waals surface area contributed by atoms with Crippen LogP contribution in [0.3, 0.4) is 0 Å². The SMILES string of the molecule is CCN(CC)C(=O)c1ccc(NC(=O)/C=C/c2ccc(C)s2)cc1Cl. The highest BCUT2D eigenvalue weighted by Gasteiger charge is 2.16. The maximum Gasteiger partial charge on any atom is 0.255 e. The second-order valence-corrected chi connectivity index (χ2v) is 7.17. The van der Waals surface area contributed by atoms with Gasteiger partial charge in [0.05, 0.1) is 10.6 Å². The first-order valence-corrected chi connectivity index (χ1v) is 9.28. The minimum absolute atomic E-state index is 0.110. The maximum atomic E-state index is 12.4. The molecular formula is C19H21ClN2O2S. The molecule has 0 fully saturated rings. The Labute approximate surface area is 157 Å². The topological polar surface area (TPSA) is 49.4 Å². The molecule has 6 heteroatoms. The average Bonchev–Trinajstić information content (AvgIpc) is 2.99. The van der Waals surface area contributed by atoms with Gasteiger partial charge in [0.25, 0.3) is 5.91 Å². The summed E-state index contributed by atoms with van der Waals surface area (Å²) < 4.78 is 0. The molecule has 0 saturated heterocycles. The molecule has 2 aromatic rings. The molecule has 0 aliphatic carbocycles. The Morgan fingerprint density at radius 3 is 2.48 bits per heavy atom. The van der Waals surface area contributed by atoms with Crippen molar-refractivity contribution >= 4 is 46.5 Å². The lowest BCUT2D eigenvalue weighted by Crippen LogP contribution is -2.30. The molecule has 0 aliphatic rings. The van der Waals surface area contributed by atoms with E-state index in [1.54, 1.807) is 40.5 Å². The number of nitrogens with one attached hydrogen (secondary N) is 1. The van der Waals surface area contributed by atoms with Gasteiger partial charge in [-0.3, -0.25) is 9.59 Å². The predicted octanol–water partition coefficient (Wildman–Crippen LogP) is 4.84. The minimum atomic E-state index is -0.245. The molecular weight excluding hydrogens is 356 g/mol. The van der Waals surface area contributed by atoms with Gasteiger partial charge >= 0.3 is 0 Å². The number of anilines is 1. The van der Waals surface area contributed by atoms with Crippen molar-refractivity contribution in [1.29, 1.82) is 0 Å². The fraction of sp³-hybridized carbons (Fsp3) is 0.263. The molecule has 1 N–H and O–H groups in total. The Hall–Kier alpha value is -2.11. The van der Waals surface area contributed by atoms with Gasteiger partial charge in [0.15, 0.2) is 0 Å². The summed E-state index contributed by atoms with van der Waals surface area (Å²) >= 11 is 7.85. The highest BCUT2D eigenvalue weighted by molar-refractivity contribution is 7.12. The summed E-state index contributed by atoms with van der Waals surface area (Å²) in [5.74, 6) is -0.356. The van der Waals surface area contributed by atoms with Gasteiger partial charge in [-0.05, 0) is 57.2 Å². The molecule has 1 heterocycles. The van der Waals surface area contributed by atoms with E-state index in [4.69, 9.17) is 11.6 Å². The monoisotopic (exact) mass is 376 g/mol. The standard InChI is InChI=1S/C19H21ClN2O2S/c1-4-22(5-2)19(24)16-10-7-14(12-17(16)20)21-18(23)11-9-15-8-6-13(3)25-15/h6-12H,4-5H2,1-3H3,(H,21,23)/b11-9+. The number of thiophene rings is 1. The number of amides is 2. The van der Waals surface area contributed by atoms with Crippen LogP contribution in [-0.2, 0) is 4.79 Å². The van der Waals surface area contributed by atoms with Crippen molar-refractivity contribution < 1.29 is 9.59 Å². The van der Waals surface area contributed by atoms with E-state index in [0.29, 0.717) is 29.4 Å². The van der Waals surface area contributed by atoms with E-state index in [1.807, 2.05) is 32.9 Å². The van der Waals surface area contributed by atoms with Crippen molar-refractivity contribution in [3.05, 3.63) is 56.7 Å². The van der Waals surface area contributed by atoms with Crippen LogP contribution in [0.4, 0.5) is 5.69 Å². The normalized spacial score (nSPS) is 10.9. The van der Waals surface area contributed by atoms with Crippen LogP contribution in [0, 0.1) is 6.92 Å². The van der Waals surface area contributed by atoms with Gasteiger partial charge in [-0.25, -0.2) is 0 Å². The van der Waals surface area contributed by atoms with Crippen molar-refractivity contribution in [2.75, 3.05) is 18.4 Å². The van der Waals surface area contributed by atoms with Gasteiger partial charge in [0.1, 0.15) is 0 Å². The van der Waals surface area contributed by atoms with Crippen molar-refractivity contribution in [2.45, 2.75) is 20.8 Å². The van der Waals surface area contributed by atoms with Crippen LogP contribution >= 0.6 is 22.9 Å². The van der Waals surface area contributed by atoms with Gasteiger partial charge < -0.3 is 10.2 Å². The first kappa shape index (κ1) is 19.2. The lowest BCUT2D eigenvalue weighted by Gasteiger charge is -2.19. The maximum absolute atomic E-state index is 12.4. The summed E-state index contributed by atoms with van der Waals surface area (Å²) in [6.07, 6.45) is 3.25. The Kier molecular flexibility index (Phi) is 6.79. The third kappa shape index (κ3) is 5.18. The van der Waals surface area contributed by atoms with Crippen LogP contribution < -0.4 is 5.32 Å². The molecule has 1 aromatic carbocycles. The molecule has 0 atom stereocenters. The number of carbonyl (C=O) groups is 2. The second kappa shape index (κ2) is 8.83. The van der Waals surface area contributed by atoms with E-state index in [-0.39, 0.29) is 11.8 Å². The van der Waals surface area contributed by atoms with Crippen LogP contribution in [0.2, 0.25) is 5.02 Å². The highest BCUT2D eigenvalue weighted by Crippen LogP contribution is 2.23. The molecule has 1 aromatic heterocycles. The smallest absolute Gasteiger partial charge is 0.255 e. The van der Waals surface area contributed by atoms with Crippen LogP contribution in [0.1, 0.15) is 34.0 Å². The van der Waals surface area contributed by atoms with Gasteiger partial charge in [-0.2, -0.15) is 0 Å². The van der Waals surface area contributed by atoms with Crippen molar-refractivity contribution in [3.8, 4) is 0 Å². The molecule has 2 rings (SSSR count). The van der Waals surface area contributed by atoms with Gasteiger partial charge in [0, 0.05) is 34.6 Å². The molecule has 132 valence electrons.